The van der Waals surface area contributed by atoms with Gasteiger partial charge >= 0.3 is 0 Å². The molecule has 1 aliphatic rings. The van der Waals surface area contributed by atoms with Crippen LogP contribution in [0.1, 0.15) is 38.8 Å². The van der Waals surface area contributed by atoms with Crippen molar-refractivity contribution in [2.75, 3.05) is 4.90 Å². The molecule has 0 fully saturated rings. The molecule has 0 N–H and O–H groups in total. The van der Waals surface area contributed by atoms with Gasteiger partial charge in [0, 0.05) is 27.8 Å². The van der Waals surface area contributed by atoms with Crippen LogP contribution >= 0.6 is 0 Å². The van der Waals surface area contributed by atoms with E-state index in [1.54, 1.807) is 0 Å². The van der Waals surface area contributed by atoms with Crippen molar-refractivity contribution in [3.63, 3.8) is 0 Å². The summed E-state index contributed by atoms with van der Waals surface area (Å²) >= 11 is 0. The molecule has 0 bridgehead atoms. The molecular weight excluding hydrogens is 605 g/mol. The lowest BCUT2D eigenvalue weighted by Crippen LogP contribution is -2.43. The second kappa shape index (κ2) is 11.4. The number of rotatable bonds is 5. The van der Waals surface area contributed by atoms with Gasteiger partial charge in [-0.2, -0.15) is 0 Å². The Kier molecular flexibility index (Phi) is 6.86. The van der Waals surface area contributed by atoms with Gasteiger partial charge in [0.1, 0.15) is 0 Å². The Morgan fingerprint density at radius 1 is 0.440 bits per heavy atom. The molecule has 242 valence electrons. The van der Waals surface area contributed by atoms with E-state index in [4.69, 9.17) is 0 Å². The van der Waals surface area contributed by atoms with E-state index in [0.29, 0.717) is 0 Å². The molecule has 2 heteroatoms. The molecular formula is C48H40N2. The lowest BCUT2D eigenvalue weighted by molar-refractivity contribution is 0.299. The van der Waals surface area contributed by atoms with Crippen molar-refractivity contribution in [2.45, 2.75) is 38.5 Å². The molecule has 8 aromatic rings. The van der Waals surface area contributed by atoms with Crippen LogP contribution in [0, 0.1) is 0 Å². The number of para-hydroxylation sites is 3. The van der Waals surface area contributed by atoms with Crippen LogP contribution in [0.3, 0.4) is 0 Å². The summed E-state index contributed by atoms with van der Waals surface area (Å²) in [5.41, 5.74) is 14.7. The van der Waals surface area contributed by atoms with Gasteiger partial charge < -0.3 is 9.47 Å². The van der Waals surface area contributed by atoms with Gasteiger partial charge in [-0.05, 0) is 105 Å². The van der Waals surface area contributed by atoms with Gasteiger partial charge in [0.25, 0.3) is 0 Å². The Bertz CT molecular complexity index is 2520. The molecule has 0 spiro atoms. The first-order chi connectivity index (χ1) is 24.3. The fraction of sp³-hybridized carbons (Fsp3) is 0.125. The number of anilines is 3. The number of nitrogens with zero attached hydrogens (tertiary/aromatic N) is 2. The van der Waals surface area contributed by atoms with E-state index in [2.05, 4.69) is 207 Å². The van der Waals surface area contributed by atoms with Crippen molar-refractivity contribution in [1.82, 2.24) is 4.57 Å². The molecule has 1 aromatic heterocycles. The quantitative estimate of drug-likeness (QED) is 0.181. The molecule has 0 unspecified atom stereocenters. The third-order valence-corrected chi connectivity index (χ3v) is 11.5. The first-order valence-electron chi connectivity index (χ1n) is 17.6. The molecule has 0 amide bonds. The van der Waals surface area contributed by atoms with Gasteiger partial charge in [-0.15, -0.1) is 0 Å². The SMILES string of the molecule is CC1(C)c2ccc(-c3ccccc3)cc2-c2cc(N(c3ccccc3)c3cccc4c3c3ccccc3n4-c3ccccc3)ccc2C1(C)C. The van der Waals surface area contributed by atoms with Crippen LogP contribution in [0.15, 0.2) is 170 Å². The predicted octanol–water partition coefficient (Wildman–Crippen LogP) is 13.2. The van der Waals surface area contributed by atoms with Crippen LogP contribution in [-0.4, -0.2) is 4.57 Å². The van der Waals surface area contributed by atoms with Crippen molar-refractivity contribution in [3.8, 4) is 27.9 Å². The molecule has 0 radical (unpaired) electrons. The molecule has 50 heavy (non-hydrogen) atoms. The molecule has 9 rings (SSSR count). The van der Waals surface area contributed by atoms with Crippen LogP contribution < -0.4 is 4.90 Å². The average molecular weight is 645 g/mol. The minimum Gasteiger partial charge on any atom is -0.310 e. The Morgan fingerprint density at radius 2 is 1.02 bits per heavy atom. The van der Waals surface area contributed by atoms with Gasteiger partial charge in [-0.1, -0.05) is 137 Å². The Balaban J connectivity index is 1.32. The standard InChI is InChI=1S/C48H40N2/c1-47(2)41-29-27-34(33-17-8-5-9-18-33)31-39(41)40-32-37(28-30-42(40)48(47,3)4)49(35-19-10-6-11-20-35)44-25-16-26-45-46(44)38-23-14-15-24-43(38)50(45)36-21-12-7-13-22-36/h5-32H,1-4H3. The van der Waals surface area contributed by atoms with Crippen molar-refractivity contribution < 1.29 is 0 Å². The maximum Gasteiger partial charge on any atom is 0.0562 e. The Hall–Kier alpha value is -5.86. The molecule has 0 saturated heterocycles. The van der Waals surface area contributed by atoms with Crippen LogP contribution in [0.2, 0.25) is 0 Å². The third-order valence-electron chi connectivity index (χ3n) is 11.5. The number of hydrogen-bond acceptors (Lipinski definition) is 1. The zero-order chi connectivity index (χ0) is 34.0. The van der Waals surface area contributed by atoms with Crippen molar-refractivity contribution in [1.29, 1.82) is 0 Å². The van der Waals surface area contributed by atoms with Gasteiger partial charge in [-0.25, -0.2) is 0 Å². The van der Waals surface area contributed by atoms with Crippen molar-refractivity contribution in [2.24, 2.45) is 0 Å². The Morgan fingerprint density at radius 3 is 1.74 bits per heavy atom. The summed E-state index contributed by atoms with van der Waals surface area (Å²) in [7, 11) is 0. The Labute approximate surface area is 294 Å². The van der Waals surface area contributed by atoms with Crippen LogP contribution in [0.5, 0.6) is 0 Å². The monoisotopic (exact) mass is 644 g/mol. The molecule has 7 aromatic carbocycles. The average Bonchev–Trinajstić information content (AvgIpc) is 3.50. The van der Waals surface area contributed by atoms with E-state index in [-0.39, 0.29) is 10.8 Å². The molecule has 0 atom stereocenters. The number of aromatic nitrogens is 1. The fourth-order valence-electron chi connectivity index (χ4n) is 8.28. The lowest BCUT2D eigenvalue weighted by atomic mass is 9.55. The van der Waals surface area contributed by atoms with Crippen molar-refractivity contribution in [3.05, 3.63) is 181 Å². The van der Waals surface area contributed by atoms with E-state index in [1.165, 1.54) is 55.2 Å². The van der Waals surface area contributed by atoms with Crippen LogP contribution in [-0.2, 0) is 10.8 Å². The largest absolute Gasteiger partial charge is 0.310 e. The first kappa shape index (κ1) is 30.2. The highest BCUT2D eigenvalue weighted by atomic mass is 15.1. The minimum absolute atomic E-state index is 0.0595. The van der Waals surface area contributed by atoms with Crippen LogP contribution in [0.4, 0.5) is 17.1 Å². The smallest absolute Gasteiger partial charge is 0.0562 e. The highest BCUT2D eigenvalue weighted by Crippen LogP contribution is 2.55. The van der Waals surface area contributed by atoms with Gasteiger partial charge in [0.05, 0.1) is 16.7 Å². The van der Waals surface area contributed by atoms with Crippen LogP contribution in [0.25, 0.3) is 49.7 Å². The normalized spacial score (nSPS) is 14.3. The topological polar surface area (TPSA) is 8.17 Å². The molecule has 1 heterocycles. The fourth-order valence-corrected chi connectivity index (χ4v) is 8.28. The highest BCUT2D eigenvalue weighted by Gasteiger charge is 2.46. The summed E-state index contributed by atoms with van der Waals surface area (Å²) < 4.78 is 2.40. The summed E-state index contributed by atoms with van der Waals surface area (Å²) in [5, 5.41) is 2.48. The maximum atomic E-state index is 2.46. The summed E-state index contributed by atoms with van der Waals surface area (Å²) in [5.74, 6) is 0. The summed E-state index contributed by atoms with van der Waals surface area (Å²) in [6.07, 6.45) is 0. The van der Waals surface area contributed by atoms with E-state index in [1.807, 2.05) is 0 Å². The summed E-state index contributed by atoms with van der Waals surface area (Å²) in [6, 6.07) is 62.1. The summed E-state index contributed by atoms with van der Waals surface area (Å²) in [6.45, 7) is 9.64. The number of benzene rings is 7. The number of fused-ring (bicyclic) bond motifs is 6. The van der Waals surface area contributed by atoms with E-state index >= 15 is 0 Å². The van der Waals surface area contributed by atoms with Gasteiger partial charge in [-0.3, -0.25) is 0 Å². The first-order valence-corrected chi connectivity index (χ1v) is 17.6. The lowest BCUT2D eigenvalue weighted by Gasteiger charge is -2.48. The number of hydrogen-bond donors (Lipinski definition) is 0. The molecule has 0 saturated carbocycles. The zero-order valence-electron chi connectivity index (χ0n) is 29.1. The zero-order valence-corrected chi connectivity index (χ0v) is 29.1. The van der Waals surface area contributed by atoms with Crippen molar-refractivity contribution >= 4 is 38.9 Å². The highest BCUT2D eigenvalue weighted by molar-refractivity contribution is 6.16. The second-order valence-corrected chi connectivity index (χ2v) is 14.6. The second-order valence-electron chi connectivity index (χ2n) is 14.6. The molecule has 0 aliphatic heterocycles. The minimum atomic E-state index is -0.0805. The van der Waals surface area contributed by atoms with E-state index in [9.17, 15) is 0 Å². The third kappa shape index (κ3) is 4.48. The van der Waals surface area contributed by atoms with Gasteiger partial charge in [0.15, 0.2) is 0 Å². The predicted molar refractivity (Wildman–Crippen MR) is 212 cm³/mol. The maximum absolute atomic E-state index is 2.46. The molecule has 2 nitrogen and oxygen atoms in total. The van der Waals surface area contributed by atoms with E-state index in [0.717, 1.165) is 22.7 Å². The summed E-state index contributed by atoms with van der Waals surface area (Å²) in [4.78, 5) is 2.46. The van der Waals surface area contributed by atoms with E-state index < -0.39 is 0 Å². The molecule has 1 aliphatic carbocycles. The van der Waals surface area contributed by atoms with Gasteiger partial charge in [0.2, 0.25) is 0 Å².